The van der Waals surface area contributed by atoms with Gasteiger partial charge in [0.25, 0.3) is 0 Å². The van der Waals surface area contributed by atoms with Gasteiger partial charge in [-0.05, 0) is 30.2 Å². The van der Waals surface area contributed by atoms with Crippen molar-refractivity contribution in [1.29, 1.82) is 0 Å². The SMILES string of the molecule is CCc1ccccc1Oc1cccc(NC)c1[N+](=O)[O-]. The molecule has 5 heteroatoms. The quantitative estimate of drug-likeness (QED) is 0.660. The summed E-state index contributed by atoms with van der Waals surface area (Å²) in [6.45, 7) is 2.01. The van der Waals surface area contributed by atoms with E-state index in [1.54, 1.807) is 25.2 Å². The van der Waals surface area contributed by atoms with Crippen LogP contribution in [-0.2, 0) is 6.42 Å². The summed E-state index contributed by atoms with van der Waals surface area (Å²) >= 11 is 0. The van der Waals surface area contributed by atoms with Gasteiger partial charge in [-0.3, -0.25) is 10.1 Å². The van der Waals surface area contributed by atoms with Crippen LogP contribution in [0.5, 0.6) is 11.5 Å². The highest BCUT2D eigenvalue weighted by atomic mass is 16.6. The van der Waals surface area contributed by atoms with E-state index in [1.807, 2.05) is 31.2 Å². The maximum Gasteiger partial charge on any atom is 0.334 e. The van der Waals surface area contributed by atoms with Gasteiger partial charge in [-0.2, -0.15) is 0 Å². The molecule has 0 aliphatic rings. The van der Waals surface area contributed by atoms with E-state index in [1.165, 1.54) is 0 Å². The first-order valence-electron chi connectivity index (χ1n) is 6.38. The minimum Gasteiger partial charge on any atom is -0.450 e. The molecule has 0 heterocycles. The van der Waals surface area contributed by atoms with E-state index < -0.39 is 4.92 Å². The van der Waals surface area contributed by atoms with Crippen molar-refractivity contribution >= 4 is 11.4 Å². The van der Waals surface area contributed by atoms with E-state index >= 15 is 0 Å². The molecule has 2 aromatic rings. The van der Waals surface area contributed by atoms with Gasteiger partial charge in [0, 0.05) is 7.05 Å². The highest BCUT2D eigenvalue weighted by molar-refractivity contribution is 5.68. The molecule has 1 N–H and O–H groups in total. The summed E-state index contributed by atoms with van der Waals surface area (Å²) in [6.07, 6.45) is 0.801. The van der Waals surface area contributed by atoms with E-state index in [4.69, 9.17) is 4.74 Å². The topological polar surface area (TPSA) is 64.4 Å². The van der Waals surface area contributed by atoms with E-state index in [-0.39, 0.29) is 11.4 Å². The smallest absolute Gasteiger partial charge is 0.334 e. The highest BCUT2D eigenvalue weighted by Gasteiger charge is 2.21. The first kappa shape index (κ1) is 13.9. The molecule has 0 amide bonds. The fraction of sp³-hybridized carbons (Fsp3) is 0.200. The van der Waals surface area contributed by atoms with Crippen LogP contribution in [0.15, 0.2) is 42.5 Å². The second-order valence-electron chi connectivity index (χ2n) is 4.22. The fourth-order valence-electron chi connectivity index (χ4n) is 2.01. The number of nitrogens with one attached hydrogen (secondary N) is 1. The zero-order valence-corrected chi connectivity index (χ0v) is 11.4. The molecule has 5 nitrogen and oxygen atoms in total. The molecule has 20 heavy (non-hydrogen) atoms. The molecule has 0 unspecified atom stereocenters. The predicted octanol–water partition coefficient (Wildman–Crippen LogP) is 3.99. The fourth-order valence-corrected chi connectivity index (χ4v) is 2.01. The molecule has 0 bridgehead atoms. The van der Waals surface area contributed by atoms with Crippen molar-refractivity contribution in [3.8, 4) is 11.5 Å². The number of nitro benzene ring substituents is 1. The number of anilines is 1. The van der Waals surface area contributed by atoms with E-state index in [2.05, 4.69) is 5.32 Å². The molecule has 0 fully saturated rings. The Morgan fingerprint density at radius 3 is 2.50 bits per heavy atom. The normalized spacial score (nSPS) is 10.1. The maximum absolute atomic E-state index is 11.2. The third-order valence-corrected chi connectivity index (χ3v) is 3.02. The molecule has 0 aliphatic heterocycles. The first-order chi connectivity index (χ1) is 9.67. The summed E-state index contributed by atoms with van der Waals surface area (Å²) in [4.78, 5) is 10.8. The Labute approximate surface area is 117 Å². The zero-order valence-electron chi connectivity index (χ0n) is 11.4. The van der Waals surface area contributed by atoms with Crippen LogP contribution in [0.1, 0.15) is 12.5 Å². The van der Waals surface area contributed by atoms with Crippen molar-refractivity contribution in [3.05, 3.63) is 58.1 Å². The third kappa shape index (κ3) is 2.71. The minimum atomic E-state index is -0.435. The average Bonchev–Trinajstić information content (AvgIpc) is 2.47. The number of benzene rings is 2. The lowest BCUT2D eigenvalue weighted by Gasteiger charge is -2.11. The summed E-state index contributed by atoms with van der Waals surface area (Å²) in [7, 11) is 1.64. The van der Waals surface area contributed by atoms with Crippen molar-refractivity contribution in [1.82, 2.24) is 0 Å². The number of para-hydroxylation sites is 2. The lowest BCUT2D eigenvalue weighted by atomic mass is 10.1. The molecule has 0 saturated heterocycles. The molecule has 0 aliphatic carbocycles. The molecule has 0 saturated carbocycles. The maximum atomic E-state index is 11.2. The molecule has 0 atom stereocenters. The van der Waals surface area contributed by atoms with Gasteiger partial charge in [0.1, 0.15) is 11.4 Å². The Kier molecular flexibility index (Phi) is 4.20. The van der Waals surface area contributed by atoms with Crippen LogP contribution in [0, 0.1) is 10.1 Å². The van der Waals surface area contributed by atoms with Crippen LogP contribution in [0.2, 0.25) is 0 Å². The molecule has 0 aromatic heterocycles. The van der Waals surface area contributed by atoms with Crippen molar-refractivity contribution < 1.29 is 9.66 Å². The van der Waals surface area contributed by atoms with Crippen molar-refractivity contribution in [2.24, 2.45) is 0 Å². The van der Waals surface area contributed by atoms with Crippen LogP contribution >= 0.6 is 0 Å². The Bertz CT molecular complexity index is 626. The number of hydrogen-bond donors (Lipinski definition) is 1. The van der Waals surface area contributed by atoms with Crippen LogP contribution in [0.3, 0.4) is 0 Å². The van der Waals surface area contributed by atoms with Gasteiger partial charge in [0.05, 0.1) is 4.92 Å². The number of aryl methyl sites for hydroxylation is 1. The molecular formula is C15H16N2O3. The Morgan fingerprint density at radius 1 is 1.15 bits per heavy atom. The minimum absolute atomic E-state index is 0.0547. The molecule has 104 valence electrons. The summed E-state index contributed by atoms with van der Waals surface area (Å²) in [6, 6.07) is 12.5. The number of ether oxygens (including phenoxy) is 1. The van der Waals surface area contributed by atoms with Crippen molar-refractivity contribution in [2.45, 2.75) is 13.3 Å². The predicted molar refractivity (Wildman–Crippen MR) is 78.5 cm³/mol. The van der Waals surface area contributed by atoms with Crippen LogP contribution in [0.4, 0.5) is 11.4 Å². The highest BCUT2D eigenvalue weighted by Crippen LogP contribution is 2.38. The number of rotatable bonds is 5. The molecule has 0 spiro atoms. The van der Waals surface area contributed by atoms with Crippen LogP contribution in [0.25, 0.3) is 0 Å². The van der Waals surface area contributed by atoms with Gasteiger partial charge < -0.3 is 10.1 Å². The van der Waals surface area contributed by atoms with E-state index in [0.717, 1.165) is 12.0 Å². The summed E-state index contributed by atoms with van der Waals surface area (Å²) in [5.74, 6) is 0.883. The van der Waals surface area contributed by atoms with Crippen molar-refractivity contribution in [3.63, 3.8) is 0 Å². The Hall–Kier alpha value is -2.56. The van der Waals surface area contributed by atoms with Gasteiger partial charge in [0.2, 0.25) is 5.75 Å². The van der Waals surface area contributed by atoms with E-state index in [9.17, 15) is 10.1 Å². The van der Waals surface area contributed by atoms with Gasteiger partial charge in [-0.1, -0.05) is 31.2 Å². The number of nitrogens with zero attached hydrogens (tertiary/aromatic N) is 1. The van der Waals surface area contributed by atoms with Crippen molar-refractivity contribution in [2.75, 3.05) is 12.4 Å². The molecule has 2 aromatic carbocycles. The molecule has 0 radical (unpaired) electrons. The monoisotopic (exact) mass is 272 g/mol. The standard InChI is InChI=1S/C15H16N2O3/c1-3-11-7-4-5-9-13(11)20-14-10-6-8-12(16-2)15(14)17(18)19/h4-10,16H,3H2,1-2H3. The van der Waals surface area contributed by atoms with Gasteiger partial charge in [-0.25, -0.2) is 0 Å². The number of nitro groups is 1. The van der Waals surface area contributed by atoms with Gasteiger partial charge >= 0.3 is 5.69 Å². The molecular weight excluding hydrogens is 256 g/mol. The average molecular weight is 272 g/mol. The largest absolute Gasteiger partial charge is 0.450 e. The van der Waals surface area contributed by atoms with E-state index in [0.29, 0.717) is 11.4 Å². The lowest BCUT2D eigenvalue weighted by molar-refractivity contribution is -0.384. The number of hydrogen-bond acceptors (Lipinski definition) is 4. The first-order valence-corrected chi connectivity index (χ1v) is 6.38. The van der Waals surface area contributed by atoms with Crippen LogP contribution in [-0.4, -0.2) is 12.0 Å². The zero-order chi connectivity index (χ0) is 14.5. The Morgan fingerprint density at radius 2 is 1.85 bits per heavy atom. The second-order valence-corrected chi connectivity index (χ2v) is 4.22. The van der Waals surface area contributed by atoms with Gasteiger partial charge in [0.15, 0.2) is 0 Å². The Balaban J connectivity index is 2.46. The second kappa shape index (κ2) is 6.06. The third-order valence-electron chi connectivity index (χ3n) is 3.02. The lowest BCUT2D eigenvalue weighted by Crippen LogP contribution is -2.00. The summed E-state index contributed by atoms with van der Waals surface area (Å²) < 4.78 is 5.75. The molecule has 2 rings (SSSR count). The van der Waals surface area contributed by atoms with Gasteiger partial charge in [-0.15, -0.1) is 0 Å². The summed E-state index contributed by atoms with van der Waals surface area (Å²) in [5, 5.41) is 14.0. The van der Waals surface area contributed by atoms with Crippen LogP contribution < -0.4 is 10.1 Å². The summed E-state index contributed by atoms with van der Waals surface area (Å²) in [5.41, 5.74) is 1.39.